The topological polar surface area (TPSA) is 26.9 Å². The minimum absolute atomic E-state index is 0.535. The summed E-state index contributed by atoms with van der Waals surface area (Å²) < 4.78 is 2.35. The highest BCUT2D eigenvalue weighted by Crippen LogP contribution is 2.20. The lowest BCUT2D eigenvalue weighted by Crippen LogP contribution is -2.32. The van der Waals surface area contributed by atoms with Gasteiger partial charge < -0.3 is 5.21 Å². The Morgan fingerprint density at radius 1 is 1.36 bits per heavy atom. The summed E-state index contributed by atoms with van der Waals surface area (Å²) in [6, 6.07) is 1.75. The van der Waals surface area contributed by atoms with Crippen molar-refractivity contribution in [2.45, 2.75) is 13.8 Å². The standard InChI is InChI=1S/C7H7Br2NO/c1-4-5(2)10(11)7(9)3-6(4)8/h3H,1-2H3. The van der Waals surface area contributed by atoms with E-state index < -0.39 is 0 Å². The average Bonchev–Trinajstić information content (AvgIpc) is 1.97. The van der Waals surface area contributed by atoms with E-state index in [1.807, 2.05) is 6.92 Å². The Morgan fingerprint density at radius 2 is 1.91 bits per heavy atom. The number of rotatable bonds is 0. The summed E-state index contributed by atoms with van der Waals surface area (Å²) in [7, 11) is 0. The summed E-state index contributed by atoms with van der Waals surface area (Å²) >= 11 is 6.50. The lowest BCUT2D eigenvalue weighted by molar-refractivity contribution is -0.624. The van der Waals surface area contributed by atoms with Gasteiger partial charge in [-0.2, -0.15) is 4.73 Å². The van der Waals surface area contributed by atoms with Gasteiger partial charge in [-0.3, -0.25) is 0 Å². The molecule has 0 unspecified atom stereocenters. The van der Waals surface area contributed by atoms with E-state index in [1.54, 1.807) is 13.0 Å². The number of aromatic nitrogens is 1. The zero-order chi connectivity index (χ0) is 8.59. The summed E-state index contributed by atoms with van der Waals surface area (Å²) in [6.07, 6.45) is 0. The molecule has 60 valence electrons. The Hall–Kier alpha value is -0.0900. The van der Waals surface area contributed by atoms with E-state index in [4.69, 9.17) is 0 Å². The Labute approximate surface area is 82.1 Å². The maximum atomic E-state index is 11.2. The van der Waals surface area contributed by atoms with Gasteiger partial charge in [-0.15, -0.1) is 0 Å². The van der Waals surface area contributed by atoms with Crippen LogP contribution in [0.1, 0.15) is 11.3 Å². The third-order valence-corrected chi connectivity index (χ3v) is 3.02. The van der Waals surface area contributed by atoms with Crippen LogP contribution in [0.3, 0.4) is 0 Å². The molecule has 0 saturated carbocycles. The molecule has 1 aromatic heterocycles. The van der Waals surface area contributed by atoms with Crippen molar-refractivity contribution in [3.63, 3.8) is 0 Å². The van der Waals surface area contributed by atoms with Gasteiger partial charge in [0.2, 0.25) is 0 Å². The second-order valence-corrected chi connectivity index (χ2v) is 3.99. The van der Waals surface area contributed by atoms with Crippen molar-refractivity contribution in [3.8, 4) is 0 Å². The molecule has 0 fully saturated rings. The number of hydrogen-bond donors (Lipinski definition) is 0. The Morgan fingerprint density at radius 3 is 2.45 bits per heavy atom. The van der Waals surface area contributed by atoms with E-state index in [0.29, 0.717) is 10.3 Å². The maximum Gasteiger partial charge on any atom is 0.260 e. The summed E-state index contributed by atoms with van der Waals surface area (Å²) in [6.45, 7) is 3.69. The number of hydrogen-bond acceptors (Lipinski definition) is 1. The zero-order valence-electron chi connectivity index (χ0n) is 6.19. The Kier molecular flexibility index (Phi) is 2.54. The fourth-order valence-electron chi connectivity index (χ4n) is 0.757. The van der Waals surface area contributed by atoms with Crippen LogP contribution in [0.5, 0.6) is 0 Å². The molecular formula is C7H7Br2NO. The molecule has 11 heavy (non-hydrogen) atoms. The fourth-order valence-corrected chi connectivity index (χ4v) is 2.06. The molecule has 1 rings (SSSR count). The van der Waals surface area contributed by atoms with Crippen LogP contribution in [0, 0.1) is 19.1 Å². The Balaban J connectivity index is 3.46. The van der Waals surface area contributed by atoms with Crippen LogP contribution in [-0.2, 0) is 0 Å². The van der Waals surface area contributed by atoms with Gasteiger partial charge >= 0.3 is 0 Å². The first-order valence-corrected chi connectivity index (χ1v) is 4.67. The van der Waals surface area contributed by atoms with Crippen LogP contribution >= 0.6 is 31.9 Å². The largest absolute Gasteiger partial charge is 0.618 e. The van der Waals surface area contributed by atoms with Crippen molar-refractivity contribution >= 4 is 31.9 Å². The van der Waals surface area contributed by atoms with Gasteiger partial charge in [-0.1, -0.05) is 15.9 Å². The summed E-state index contributed by atoms with van der Waals surface area (Å²) in [5.41, 5.74) is 1.69. The van der Waals surface area contributed by atoms with E-state index in [-0.39, 0.29) is 0 Å². The van der Waals surface area contributed by atoms with Gasteiger partial charge in [0.05, 0.1) is 0 Å². The van der Waals surface area contributed by atoms with Crippen LogP contribution in [0.4, 0.5) is 0 Å². The first-order chi connectivity index (χ1) is 5.04. The molecule has 1 aromatic rings. The van der Waals surface area contributed by atoms with Crippen molar-refractivity contribution in [1.82, 2.24) is 0 Å². The van der Waals surface area contributed by atoms with Crippen LogP contribution in [0.25, 0.3) is 0 Å². The van der Waals surface area contributed by atoms with Crippen molar-refractivity contribution in [3.05, 3.63) is 31.6 Å². The molecular weight excluding hydrogens is 274 g/mol. The highest BCUT2D eigenvalue weighted by atomic mass is 79.9. The molecule has 0 bridgehead atoms. The third kappa shape index (κ3) is 1.56. The molecule has 2 nitrogen and oxygen atoms in total. The predicted molar refractivity (Wildman–Crippen MR) is 50.3 cm³/mol. The number of pyridine rings is 1. The second-order valence-electron chi connectivity index (χ2n) is 2.32. The minimum atomic E-state index is 0.535. The summed E-state index contributed by atoms with van der Waals surface area (Å²) in [5, 5.41) is 11.2. The summed E-state index contributed by atoms with van der Waals surface area (Å²) in [4.78, 5) is 0. The maximum absolute atomic E-state index is 11.2. The first-order valence-electron chi connectivity index (χ1n) is 3.09. The molecule has 0 aliphatic carbocycles. The summed E-state index contributed by atoms with van der Waals surface area (Å²) in [5.74, 6) is 0. The molecule has 4 heteroatoms. The highest BCUT2D eigenvalue weighted by molar-refractivity contribution is 9.11. The molecule has 0 N–H and O–H groups in total. The lowest BCUT2D eigenvalue weighted by atomic mass is 10.2. The lowest BCUT2D eigenvalue weighted by Gasteiger charge is -2.06. The van der Waals surface area contributed by atoms with Crippen molar-refractivity contribution in [2.24, 2.45) is 0 Å². The van der Waals surface area contributed by atoms with Crippen molar-refractivity contribution in [1.29, 1.82) is 0 Å². The molecule has 0 saturated heterocycles. The van der Waals surface area contributed by atoms with E-state index in [1.165, 1.54) is 0 Å². The second kappa shape index (κ2) is 3.11. The van der Waals surface area contributed by atoms with Crippen LogP contribution in [0.2, 0.25) is 0 Å². The SMILES string of the molecule is Cc1c(Br)cc(Br)[n+]([O-])c1C. The molecule has 0 amide bonds. The minimum Gasteiger partial charge on any atom is -0.618 e. The first kappa shape index (κ1) is 9.00. The normalized spacial score (nSPS) is 10.2. The molecule has 0 atom stereocenters. The van der Waals surface area contributed by atoms with E-state index >= 15 is 0 Å². The van der Waals surface area contributed by atoms with Crippen LogP contribution in [0.15, 0.2) is 15.1 Å². The monoisotopic (exact) mass is 279 g/mol. The van der Waals surface area contributed by atoms with Gasteiger partial charge in [0.15, 0.2) is 5.69 Å². The van der Waals surface area contributed by atoms with Gasteiger partial charge in [-0.05, 0) is 6.92 Å². The Bertz CT molecular complexity index is 273. The highest BCUT2D eigenvalue weighted by Gasteiger charge is 2.11. The molecule has 0 radical (unpaired) electrons. The van der Waals surface area contributed by atoms with Crippen LogP contribution in [-0.4, -0.2) is 0 Å². The van der Waals surface area contributed by atoms with E-state index in [0.717, 1.165) is 14.8 Å². The fraction of sp³-hybridized carbons (Fsp3) is 0.286. The van der Waals surface area contributed by atoms with Crippen molar-refractivity contribution < 1.29 is 4.73 Å². The molecule has 0 aromatic carbocycles. The van der Waals surface area contributed by atoms with Gasteiger partial charge in [0.25, 0.3) is 4.60 Å². The molecule has 0 aliphatic heterocycles. The average molecular weight is 281 g/mol. The van der Waals surface area contributed by atoms with E-state index in [9.17, 15) is 5.21 Å². The van der Waals surface area contributed by atoms with Crippen molar-refractivity contribution in [2.75, 3.05) is 0 Å². The van der Waals surface area contributed by atoms with Crippen LogP contribution < -0.4 is 4.73 Å². The predicted octanol–water partition coefficient (Wildman–Crippen LogP) is 2.46. The van der Waals surface area contributed by atoms with Gasteiger partial charge in [0.1, 0.15) is 0 Å². The molecule has 0 aliphatic rings. The number of halogens is 2. The third-order valence-electron chi connectivity index (χ3n) is 1.65. The quantitative estimate of drug-likeness (QED) is 0.407. The van der Waals surface area contributed by atoms with Gasteiger partial charge in [-0.25, -0.2) is 0 Å². The number of nitrogens with zero attached hydrogens (tertiary/aromatic N) is 1. The molecule has 1 heterocycles. The zero-order valence-corrected chi connectivity index (χ0v) is 9.36. The molecule has 0 spiro atoms. The van der Waals surface area contributed by atoms with E-state index in [2.05, 4.69) is 31.9 Å². The smallest absolute Gasteiger partial charge is 0.260 e. The van der Waals surface area contributed by atoms with Gasteiger partial charge in [0, 0.05) is 39.0 Å².